The molecule has 0 saturated carbocycles. The summed E-state index contributed by atoms with van der Waals surface area (Å²) in [5.41, 5.74) is 7.21. The number of amides is 1. The molecule has 1 fully saturated rings. The van der Waals surface area contributed by atoms with E-state index in [-0.39, 0.29) is 11.8 Å². The summed E-state index contributed by atoms with van der Waals surface area (Å²) in [6.45, 7) is 1.92. The van der Waals surface area contributed by atoms with E-state index in [9.17, 15) is 4.79 Å². The third-order valence-electron chi connectivity index (χ3n) is 4.30. The van der Waals surface area contributed by atoms with Crippen LogP contribution in [0.2, 0.25) is 0 Å². The van der Waals surface area contributed by atoms with Crippen LogP contribution in [0.1, 0.15) is 18.4 Å². The van der Waals surface area contributed by atoms with Gasteiger partial charge in [-0.05, 0) is 42.7 Å². The Morgan fingerprint density at radius 2 is 2.17 bits per heavy atom. The highest BCUT2D eigenvalue weighted by Crippen LogP contribution is 2.28. The van der Waals surface area contributed by atoms with Gasteiger partial charge in [0, 0.05) is 31.7 Å². The first-order valence-corrected chi connectivity index (χ1v) is 9.08. The SMILES string of the molecule is COc1cc(CN(C)C(=O)C(N)C2CCOCC2)ccc1SC. The first-order valence-electron chi connectivity index (χ1n) is 7.86. The highest BCUT2D eigenvalue weighted by atomic mass is 32.2. The fourth-order valence-corrected chi connectivity index (χ4v) is 3.41. The molecule has 1 aliphatic heterocycles. The first-order chi connectivity index (χ1) is 11.1. The van der Waals surface area contributed by atoms with Crippen LogP contribution >= 0.6 is 11.8 Å². The molecule has 1 saturated heterocycles. The van der Waals surface area contributed by atoms with E-state index in [1.807, 2.05) is 24.5 Å². The molecule has 0 radical (unpaired) electrons. The van der Waals surface area contributed by atoms with Gasteiger partial charge in [-0.25, -0.2) is 0 Å². The van der Waals surface area contributed by atoms with Gasteiger partial charge in [0.1, 0.15) is 5.75 Å². The van der Waals surface area contributed by atoms with Crippen LogP contribution in [0.5, 0.6) is 5.75 Å². The van der Waals surface area contributed by atoms with Gasteiger partial charge in [-0.2, -0.15) is 0 Å². The fourth-order valence-electron chi connectivity index (χ4n) is 2.86. The summed E-state index contributed by atoms with van der Waals surface area (Å²) in [4.78, 5) is 15.3. The van der Waals surface area contributed by atoms with Crippen LogP contribution in [0.4, 0.5) is 0 Å². The van der Waals surface area contributed by atoms with Crippen LogP contribution in [0.3, 0.4) is 0 Å². The monoisotopic (exact) mass is 338 g/mol. The molecule has 1 heterocycles. The average molecular weight is 338 g/mol. The molecule has 2 rings (SSSR count). The van der Waals surface area contributed by atoms with Gasteiger partial charge in [-0.1, -0.05) is 6.07 Å². The quantitative estimate of drug-likeness (QED) is 0.805. The number of ether oxygens (including phenoxy) is 2. The number of likely N-dealkylation sites (N-methyl/N-ethyl adjacent to an activating group) is 1. The van der Waals surface area contributed by atoms with Crippen molar-refractivity contribution in [1.29, 1.82) is 0 Å². The number of rotatable bonds is 6. The van der Waals surface area contributed by atoms with E-state index in [0.717, 1.165) is 29.1 Å². The minimum Gasteiger partial charge on any atom is -0.496 e. The number of carbonyl (C=O) groups is 1. The zero-order valence-electron chi connectivity index (χ0n) is 14.1. The number of nitrogens with two attached hydrogens (primary N) is 1. The molecule has 0 aromatic heterocycles. The van der Waals surface area contributed by atoms with E-state index in [4.69, 9.17) is 15.2 Å². The topological polar surface area (TPSA) is 64.8 Å². The number of methoxy groups -OCH3 is 1. The van der Waals surface area contributed by atoms with Crippen molar-refractivity contribution in [3.8, 4) is 5.75 Å². The Labute approximate surface area is 142 Å². The Kier molecular flexibility index (Phi) is 6.74. The van der Waals surface area contributed by atoms with Crippen molar-refractivity contribution in [3.63, 3.8) is 0 Å². The Balaban J connectivity index is 2.00. The molecule has 23 heavy (non-hydrogen) atoms. The summed E-state index contributed by atoms with van der Waals surface area (Å²) in [6.07, 6.45) is 3.73. The van der Waals surface area contributed by atoms with E-state index in [1.165, 1.54) is 0 Å². The molecule has 1 aliphatic rings. The number of thioether (sulfide) groups is 1. The summed E-state index contributed by atoms with van der Waals surface area (Å²) >= 11 is 1.64. The molecule has 1 aromatic carbocycles. The number of hydrogen-bond acceptors (Lipinski definition) is 5. The number of nitrogens with zero attached hydrogens (tertiary/aromatic N) is 1. The molecule has 6 heteroatoms. The van der Waals surface area contributed by atoms with Gasteiger partial charge in [-0.3, -0.25) is 4.79 Å². The lowest BCUT2D eigenvalue weighted by Crippen LogP contribution is -2.47. The van der Waals surface area contributed by atoms with Crippen molar-refractivity contribution in [1.82, 2.24) is 4.90 Å². The first kappa shape index (κ1) is 18.1. The summed E-state index contributed by atoms with van der Waals surface area (Å²) < 4.78 is 10.7. The number of hydrogen-bond donors (Lipinski definition) is 1. The molecule has 1 aromatic rings. The maximum absolute atomic E-state index is 12.5. The van der Waals surface area contributed by atoms with E-state index in [0.29, 0.717) is 19.8 Å². The molecule has 128 valence electrons. The Morgan fingerprint density at radius 3 is 2.78 bits per heavy atom. The summed E-state index contributed by atoms with van der Waals surface area (Å²) in [5.74, 6) is 1.04. The van der Waals surface area contributed by atoms with Gasteiger partial charge in [0.2, 0.25) is 5.91 Å². The average Bonchev–Trinajstić information content (AvgIpc) is 2.60. The van der Waals surface area contributed by atoms with E-state index < -0.39 is 6.04 Å². The standard InChI is InChI=1S/C17H26N2O3S/c1-19(17(20)16(18)13-6-8-22-9-7-13)11-12-4-5-15(23-3)14(10-12)21-2/h4-5,10,13,16H,6-9,11,18H2,1-3H3. The van der Waals surface area contributed by atoms with Gasteiger partial charge < -0.3 is 20.1 Å². The molecule has 0 aliphatic carbocycles. The molecule has 1 unspecified atom stereocenters. The largest absolute Gasteiger partial charge is 0.496 e. The normalized spacial score (nSPS) is 16.9. The smallest absolute Gasteiger partial charge is 0.239 e. The third kappa shape index (κ3) is 4.62. The Hall–Kier alpha value is -1.24. The lowest BCUT2D eigenvalue weighted by molar-refractivity contribution is -0.133. The number of benzene rings is 1. The zero-order chi connectivity index (χ0) is 16.8. The Morgan fingerprint density at radius 1 is 1.48 bits per heavy atom. The molecular formula is C17H26N2O3S. The van der Waals surface area contributed by atoms with Gasteiger partial charge in [0.25, 0.3) is 0 Å². The molecule has 2 N–H and O–H groups in total. The van der Waals surface area contributed by atoms with E-state index in [2.05, 4.69) is 0 Å². The van der Waals surface area contributed by atoms with Crippen LogP contribution in [-0.4, -0.2) is 50.5 Å². The number of carbonyl (C=O) groups excluding carboxylic acids is 1. The fraction of sp³-hybridized carbons (Fsp3) is 0.588. The maximum atomic E-state index is 12.5. The highest BCUT2D eigenvalue weighted by molar-refractivity contribution is 7.98. The van der Waals surface area contributed by atoms with E-state index in [1.54, 1.807) is 30.8 Å². The van der Waals surface area contributed by atoms with Crippen LogP contribution < -0.4 is 10.5 Å². The van der Waals surface area contributed by atoms with Crippen LogP contribution in [-0.2, 0) is 16.1 Å². The van der Waals surface area contributed by atoms with Crippen molar-refractivity contribution in [2.24, 2.45) is 11.7 Å². The minimum absolute atomic E-state index is 0.00944. The highest BCUT2D eigenvalue weighted by Gasteiger charge is 2.28. The molecule has 1 atom stereocenters. The second-order valence-corrected chi connectivity index (χ2v) is 6.71. The molecule has 5 nitrogen and oxygen atoms in total. The third-order valence-corrected chi connectivity index (χ3v) is 5.08. The van der Waals surface area contributed by atoms with Crippen LogP contribution in [0, 0.1) is 5.92 Å². The van der Waals surface area contributed by atoms with Gasteiger partial charge in [0.05, 0.1) is 13.2 Å². The summed E-state index contributed by atoms with van der Waals surface area (Å²) in [5, 5.41) is 0. The van der Waals surface area contributed by atoms with Crippen molar-refractivity contribution < 1.29 is 14.3 Å². The Bertz CT molecular complexity index is 533. The molecule has 1 amide bonds. The van der Waals surface area contributed by atoms with Gasteiger partial charge in [-0.15, -0.1) is 11.8 Å². The van der Waals surface area contributed by atoms with Crippen molar-refractivity contribution in [2.45, 2.75) is 30.3 Å². The second-order valence-electron chi connectivity index (χ2n) is 5.86. The van der Waals surface area contributed by atoms with Crippen LogP contribution in [0.25, 0.3) is 0 Å². The lowest BCUT2D eigenvalue weighted by Gasteiger charge is -2.30. The van der Waals surface area contributed by atoms with Gasteiger partial charge >= 0.3 is 0 Å². The van der Waals surface area contributed by atoms with Gasteiger partial charge in [0.15, 0.2) is 0 Å². The predicted octanol–water partition coefficient (Wildman–Crippen LogP) is 2.13. The lowest BCUT2D eigenvalue weighted by atomic mass is 9.91. The molecular weight excluding hydrogens is 312 g/mol. The van der Waals surface area contributed by atoms with Crippen molar-refractivity contribution >= 4 is 17.7 Å². The molecule has 0 spiro atoms. The predicted molar refractivity (Wildman–Crippen MR) is 92.8 cm³/mol. The molecule has 0 bridgehead atoms. The van der Waals surface area contributed by atoms with Crippen molar-refractivity contribution in [3.05, 3.63) is 23.8 Å². The second kappa shape index (κ2) is 8.57. The zero-order valence-corrected chi connectivity index (χ0v) is 14.9. The van der Waals surface area contributed by atoms with Crippen molar-refractivity contribution in [2.75, 3.05) is 33.6 Å². The minimum atomic E-state index is -0.448. The summed E-state index contributed by atoms with van der Waals surface area (Å²) in [7, 11) is 3.46. The van der Waals surface area contributed by atoms with Crippen LogP contribution in [0.15, 0.2) is 23.1 Å². The van der Waals surface area contributed by atoms with E-state index >= 15 is 0 Å². The summed E-state index contributed by atoms with van der Waals surface area (Å²) in [6, 6.07) is 5.58. The maximum Gasteiger partial charge on any atom is 0.239 e.